The van der Waals surface area contributed by atoms with Crippen LogP contribution in [-0.2, 0) is 28.5 Å². The van der Waals surface area contributed by atoms with Crippen molar-refractivity contribution in [1.29, 1.82) is 0 Å². The molecular formula is C31H44N2O9. The first-order chi connectivity index (χ1) is 19.3. The molecule has 1 N–H and O–H groups in total. The zero-order valence-electron chi connectivity index (χ0n) is 26.1. The van der Waals surface area contributed by atoms with Gasteiger partial charge in [0.15, 0.2) is 5.60 Å². The van der Waals surface area contributed by atoms with Gasteiger partial charge in [-0.2, -0.15) is 0 Å². The second-order valence-electron chi connectivity index (χ2n) is 13.8. The lowest BCUT2D eigenvalue weighted by atomic mass is 9.80. The van der Waals surface area contributed by atoms with Crippen LogP contribution in [0.3, 0.4) is 0 Å². The minimum Gasteiger partial charge on any atom is -0.444 e. The maximum Gasteiger partial charge on any atom is 0.414 e. The normalized spacial score (nSPS) is 27.9. The van der Waals surface area contributed by atoms with E-state index in [4.69, 9.17) is 23.7 Å². The summed E-state index contributed by atoms with van der Waals surface area (Å²) in [4.78, 5) is 43.2. The summed E-state index contributed by atoms with van der Waals surface area (Å²) in [6.07, 6.45) is -3.95. The minimum absolute atomic E-state index is 0.0494. The zero-order valence-corrected chi connectivity index (χ0v) is 26.1. The molecular weight excluding hydrogens is 544 g/mol. The summed E-state index contributed by atoms with van der Waals surface area (Å²) in [7, 11) is 0. The first kappa shape index (κ1) is 31.8. The van der Waals surface area contributed by atoms with E-state index in [9.17, 15) is 19.5 Å². The van der Waals surface area contributed by atoms with E-state index in [-0.39, 0.29) is 19.6 Å². The number of fused-ring (bicyclic) bond motifs is 1. The number of cyclic esters (lactones) is 1. The Labute approximate surface area is 247 Å². The van der Waals surface area contributed by atoms with E-state index in [1.54, 1.807) is 62.3 Å². The molecule has 2 saturated heterocycles. The van der Waals surface area contributed by atoms with Crippen molar-refractivity contribution in [3.05, 3.63) is 42.0 Å². The SMILES string of the molecule is C=C(C)C1OC(=O)C(CC2CN(C(=O)OC(C)(C)C)c3ccccc32)(C(O)C2COC(C)(C)N2C(=O)OC(C)(C)C)O1. The first-order valence-corrected chi connectivity index (χ1v) is 14.2. The van der Waals surface area contributed by atoms with Crippen molar-refractivity contribution < 1.29 is 43.2 Å². The number of nitrogens with zero attached hydrogens (tertiary/aromatic N) is 2. The van der Waals surface area contributed by atoms with E-state index in [2.05, 4.69) is 6.58 Å². The Balaban J connectivity index is 1.72. The summed E-state index contributed by atoms with van der Waals surface area (Å²) in [5.74, 6) is -1.23. The predicted octanol–water partition coefficient (Wildman–Crippen LogP) is 4.86. The third-order valence-electron chi connectivity index (χ3n) is 7.46. The summed E-state index contributed by atoms with van der Waals surface area (Å²) < 4.78 is 29.1. The monoisotopic (exact) mass is 588 g/mol. The van der Waals surface area contributed by atoms with Gasteiger partial charge in [0, 0.05) is 12.5 Å². The fraction of sp³-hybridized carbons (Fsp3) is 0.645. The van der Waals surface area contributed by atoms with Crippen LogP contribution in [-0.4, -0.2) is 82.3 Å². The van der Waals surface area contributed by atoms with E-state index in [1.165, 1.54) is 9.80 Å². The average molecular weight is 589 g/mol. The van der Waals surface area contributed by atoms with Gasteiger partial charge in [-0.3, -0.25) is 9.80 Å². The van der Waals surface area contributed by atoms with Gasteiger partial charge in [0.25, 0.3) is 0 Å². The number of aliphatic hydroxyl groups is 1. The number of hydrogen-bond acceptors (Lipinski definition) is 9. The minimum atomic E-state index is -1.92. The summed E-state index contributed by atoms with van der Waals surface area (Å²) in [5.41, 5.74) is -2.71. The van der Waals surface area contributed by atoms with Crippen molar-refractivity contribution in [2.75, 3.05) is 18.1 Å². The highest BCUT2D eigenvalue weighted by Gasteiger charge is 2.63. The number of esters is 1. The molecule has 3 aliphatic heterocycles. The molecule has 0 bridgehead atoms. The van der Waals surface area contributed by atoms with E-state index in [0.29, 0.717) is 11.3 Å². The fourth-order valence-corrected chi connectivity index (χ4v) is 5.67. The Morgan fingerprint density at radius 3 is 2.26 bits per heavy atom. The van der Waals surface area contributed by atoms with Crippen molar-refractivity contribution in [3.8, 4) is 0 Å². The first-order valence-electron chi connectivity index (χ1n) is 14.2. The number of carbonyl (C=O) groups is 3. The van der Waals surface area contributed by atoms with Crippen LogP contribution < -0.4 is 4.90 Å². The molecule has 5 atom stereocenters. The van der Waals surface area contributed by atoms with E-state index in [1.807, 2.05) is 24.3 Å². The molecule has 5 unspecified atom stereocenters. The molecule has 2 fully saturated rings. The molecule has 0 radical (unpaired) electrons. The Kier molecular flexibility index (Phi) is 8.20. The van der Waals surface area contributed by atoms with Crippen molar-refractivity contribution in [2.24, 2.45) is 0 Å². The zero-order chi connectivity index (χ0) is 31.4. The van der Waals surface area contributed by atoms with Crippen LogP contribution in [0.2, 0.25) is 0 Å². The van der Waals surface area contributed by atoms with Gasteiger partial charge in [-0.15, -0.1) is 0 Å². The molecule has 1 aromatic carbocycles. The Hall–Kier alpha value is -3.15. The number of aliphatic hydroxyl groups excluding tert-OH is 1. The lowest BCUT2D eigenvalue weighted by Gasteiger charge is -2.40. The number of amides is 2. The summed E-state index contributed by atoms with van der Waals surface area (Å²) in [6, 6.07) is 6.33. The van der Waals surface area contributed by atoms with Gasteiger partial charge in [-0.1, -0.05) is 24.8 Å². The van der Waals surface area contributed by atoms with Crippen LogP contribution in [0.15, 0.2) is 36.4 Å². The van der Waals surface area contributed by atoms with Crippen molar-refractivity contribution in [1.82, 2.24) is 4.90 Å². The Bertz CT molecular complexity index is 1250. The van der Waals surface area contributed by atoms with E-state index in [0.717, 1.165) is 5.56 Å². The van der Waals surface area contributed by atoms with Crippen LogP contribution in [0.4, 0.5) is 15.3 Å². The molecule has 0 spiro atoms. The van der Waals surface area contributed by atoms with Gasteiger partial charge >= 0.3 is 18.2 Å². The second kappa shape index (κ2) is 10.8. The number of para-hydroxylation sites is 1. The molecule has 11 heteroatoms. The van der Waals surface area contributed by atoms with Crippen molar-refractivity contribution >= 4 is 23.8 Å². The van der Waals surface area contributed by atoms with Gasteiger partial charge in [-0.05, 0) is 85.9 Å². The maximum absolute atomic E-state index is 13.7. The Morgan fingerprint density at radius 2 is 1.69 bits per heavy atom. The number of rotatable bonds is 5. The molecule has 11 nitrogen and oxygen atoms in total. The topological polar surface area (TPSA) is 124 Å². The fourth-order valence-electron chi connectivity index (χ4n) is 5.67. The number of benzene rings is 1. The second-order valence-corrected chi connectivity index (χ2v) is 13.8. The van der Waals surface area contributed by atoms with E-state index < -0.39 is 65.0 Å². The molecule has 232 valence electrons. The smallest absolute Gasteiger partial charge is 0.414 e. The molecule has 3 aliphatic rings. The lowest BCUT2D eigenvalue weighted by molar-refractivity contribution is -0.161. The lowest BCUT2D eigenvalue weighted by Crippen LogP contribution is -2.61. The van der Waals surface area contributed by atoms with Gasteiger partial charge in [0.1, 0.15) is 23.0 Å². The van der Waals surface area contributed by atoms with Crippen LogP contribution in [0.25, 0.3) is 0 Å². The molecule has 0 aromatic heterocycles. The summed E-state index contributed by atoms with van der Waals surface area (Å²) >= 11 is 0. The van der Waals surface area contributed by atoms with Crippen LogP contribution in [0.1, 0.15) is 80.2 Å². The van der Waals surface area contributed by atoms with Crippen LogP contribution in [0, 0.1) is 0 Å². The Morgan fingerprint density at radius 1 is 1.10 bits per heavy atom. The summed E-state index contributed by atoms with van der Waals surface area (Å²) in [6.45, 7) is 19.6. The average Bonchev–Trinajstić information content (AvgIpc) is 3.48. The van der Waals surface area contributed by atoms with Crippen molar-refractivity contribution in [2.45, 2.75) is 116 Å². The number of carbonyl (C=O) groups excluding carboxylic acids is 3. The van der Waals surface area contributed by atoms with Gasteiger partial charge in [0.05, 0.1) is 18.3 Å². The molecule has 0 aliphatic carbocycles. The highest BCUT2D eigenvalue weighted by atomic mass is 16.8. The van der Waals surface area contributed by atoms with Gasteiger partial charge in [0.2, 0.25) is 6.29 Å². The number of ether oxygens (including phenoxy) is 5. The molecule has 0 saturated carbocycles. The van der Waals surface area contributed by atoms with Crippen molar-refractivity contribution in [3.63, 3.8) is 0 Å². The summed E-state index contributed by atoms with van der Waals surface area (Å²) in [5, 5.41) is 12.1. The molecule has 42 heavy (non-hydrogen) atoms. The largest absolute Gasteiger partial charge is 0.444 e. The van der Waals surface area contributed by atoms with E-state index >= 15 is 0 Å². The standard InChI is InChI=1S/C31H44N2O9/c1-18(2)24-39-25(35)31(40-24,23(34)22-17-38-30(9,10)33(22)27(37)42-29(6,7)8)15-19-16-32(26(36)41-28(3,4)5)21-14-12-11-13-20(19)21/h11-14,19,22-24,34H,1,15-17H2,2-10H3. The molecule has 3 heterocycles. The number of hydrogen-bond donors (Lipinski definition) is 1. The predicted molar refractivity (Wildman–Crippen MR) is 154 cm³/mol. The third-order valence-corrected chi connectivity index (χ3v) is 7.46. The molecule has 2 amide bonds. The highest BCUT2D eigenvalue weighted by molar-refractivity contribution is 5.91. The van der Waals surface area contributed by atoms with Gasteiger partial charge < -0.3 is 28.8 Å². The molecule has 1 aromatic rings. The highest BCUT2D eigenvalue weighted by Crippen LogP contribution is 2.47. The number of anilines is 1. The quantitative estimate of drug-likeness (QED) is 0.292. The maximum atomic E-state index is 13.7. The molecule has 4 rings (SSSR count). The van der Waals surface area contributed by atoms with Gasteiger partial charge in [-0.25, -0.2) is 14.4 Å². The van der Waals surface area contributed by atoms with Crippen LogP contribution in [0.5, 0.6) is 0 Å². The van der Waals surface area contributed by atoms with Crippen LogP contribution >= 0.6 is 0 Å². The third kappa shape index (κ3) is 6.14.